The molecule has 1 saturated carbocycles. The fraction of sp³-hybridized carbons (Fsp3) is 0.625. The summed E-state index contributed by atoms with van der Waals surface area (Å²) in [6, 6.07) is 4.22. The van der Waals surface area contributed by atoms with Crippen LogP contribution in [0.3, 0.4) is 0 Å². The van der Waals surface area contributed by atoms with Crippen molar-refractivity contribution < 1.29 is 14.6 Å². The minimum absolute atomic E-state index is 0.0580. The van der Waals surface area contributed by atoms with Crippen LogP contribution in [0.25, 0.3) is 0 Å². The molecule has 0 aromatic heterocycles. The largest absolute Gasteiger partial charge is 0.502 e. The van der Waals surface area contributed by atoms with E-state index in [0.29, 0.717) is 17.5 Å². The number of benzene rings is 1. The number of aromatic hydroxyl groups is 1. The Hall–Kier alpha value is -1.42. The molecule has 4 heteroatoms. The molecule has 1 aromatic carbocycles. The van der Waals surface area contributed by atoms with Gasteiger partial charge in [-0.25, -0.2) is 0 Å². The molecule has 2 N–H and O–H groups in total. The predicted octanol–water partition coefficient (Wildman–Crippen LogP) is 3.08. The van der Waals surface area contributed by atoms with Gasteiger partial charge in [-0.15, -0.1) is 0 Å². The van der Waals surface area contributed by atoms with E-state index in [1.807, 2.05) is 12.1 Å². The van der Waals surface area contributed by atoms with Crippen molar-refractivity contribution in [2.45, 2.75) is 45.2 Å². The quantitative estimate of drug-likeness (QED) is 0.840. The molecule has 1 fully saturated rings. The average molecular weight is 279 g/mol. The van der Waals surface area contributed by atoms with Gasteiger partial charge in [-0.05, 0) is 43.4 Å². The first-order valence-electron chi connectivity index (χ1n) is 7.33. The van der Waals surface area contributed by atoms with E-state index in [0.717, 1.165) is 18.0 Å². The second kappa shape index (κ2) is 6.84. The Bertz CT molecular complexity index is 416. The molecule has 1 aliphatic carbocycles. The van der Waals surface area contributed by atoms with Gasteiger partial charge in [0.05, 0.1) is 14.2 Å². The SMILES string of the molecule is COc1cc(CN[C@@H](C)C2CCCC2)cc(OC)c1O. The molecule has 0 spiro atoms. The van der Waals surface area contributed by atoms with Crippen LogP contribution in [-0.2, 0) is 6.54 Å². The molecule has 20 heavy (non-hydrogen) atoms. The molecule has 0 unspecified atom stereocenters. The van der Waals surface area contributed by atoms with Crippen molar-refractivity contribution in [3.63, 3.8) is 0 Å². The first-order chi connectivity index (χ1) is 9.65. The standard InChI is InChI=1S/C16H25NO3/c1-11(13-6-4-5-7-13)17-10-12-8-14(19-2)16(18)15(9-12)20-3/h8-9,11,13,17-18H,4-7,10H2,1-3H3/t11-/m0/s1. The van der Waals surface area contributed by atoms with E-state index in [9.17, 15) is 5.11 Å². The maximum absolute atomic E-state index is 9.89. The average Bonchev–Trinajstić information content (AvgIpc) is 3.00. The number of phenols is 1. The van der Waals surface area contributed by atoms with Crippen LogP contribution in [0.4, 0.5) is 0 Å². The minimum Gasteiger partial charge on any atom is -0.502 e. The number of ether oxygens (including phenoxy) is 2. The second-order valence-electron chi connectivity index (χ2n) is 5.56. The molecule has 1 aliphatic rings. The van der Waals surface area contributed by atoms with E-state index in [2.05, 4.69) is 12.2 Å². The molecule has 2 rings (SSSR count). The molecule has 0 aliphatic heterocycles. The molecule has 0 saturated heterocycles. The third kappa shape index (κ3) is 3.37. The first-order valence-corrected chi connectivity index (χ1v) is 7.33. The molecule has 0 heterocycles. The molecule has 112 valence electrons. The van der Waals surface area contributed by atoms with Gasteiger partial charge in [0, 0.05) is 12.6 Å². The van der Waals surface area contributed by atoms with Crippen LogP contribution in [0.2, 0.25) is 0 Å². The highest BCUT2D eigenvalue weighted by Crippen LogP contribution is 2.37. The van der Waals surface area contributed by atoms with E-state index in [4.69, 9.17) is 9.47 Å². The van der Waals surface area contributed by atoms with Crippen molar-refractivity contribution in [3.8, 4) is 17.2 Å². The zero-order valence-corrected chi connectivity index (χ0v) is 12.6. The Morgan fingerprint density at radius 3 is 2.25 bits per heavy atom. The summed E-state index contributed by atoms with van der Waals surface area (Å²) in [4.78, 5) is 0. The number of methoxy groups -OCH3 is 2. The van der Waals surface area contributed by atoms with Crippen molar-refractivity contribution in [2.75, 3.05) is 14.2 Å². The minimum atomic E-state index is 0.0580. The Morgan fingerprint density at radius 1 is 1.20 bits per heavy atom. The van der Waals surface area contributed by atoms with Gasteiger partial charge < -0.3 is 19.9 Å². The number of hydrogen-bond acceptors (Lipinski definition) is 4. The number of nitrogens with one attached hydrogen (secondary N) is 1. The highest BCUT2D eigenvalue weighted by Gasteiger charge is 2.21. The fourth-order valence-corrected chi connectivity index (χ4v) is 2.95. The number of rotatable bonds is 6. The summed E-state index contributed by atoms with van der Waals surface area (Å²) in [7, 11) is 3.10. The van der Waals surface area contributed by atoms with E-state index in [1.165, 1.54) is 25.7 Å². The van der Waals surface area contributed by atoms with Crippen molar-refractivity contribution >= 4 is 0 Å². The van der Waals surface area contributed by atoms with Crippen LogP contribution in [0, 0.1) is 5.92 Å². The van der Waals surface area contributed by atoms with Crippen LogP contribution in [0.15, 0.2) is 12.1 Å². The van der Waals surface area contributed by atoms with Crippen LogP contribution in [0.5, 0.6) is 17.2 Å². The molecular weight excluding hydrogens is 254 g/mol. The molecule has 0 amide bonds. The summed E-state index contributed by atoms with van der Waals surface area (Å²) in [5.74, 6) is 1.75. The maximum Gasteiger partial charge on any atom is 0.200 e. The molecule has 0 radical (unpaired) electrons. The third-order valence-corrected chi connectivity index (χ3v) is 4.27. The van der Waals surface area contributed by atoms with Gasteiger partial charge in [-0.2, -0.15) is 0 Å². The van der Waals surface area contributed by atoms with Gasteiger partial charge in [0.1, 0.15) is 0 Å². The summed E-state index contributed by atoms with van der Waals surface area (Å²) < 4.78 is 10.4. The van der Waals surface area contributed by atoms with Gasteiger partial charge in [0.25, 0.3) is 0 Å². The summed E-state index contributed by atoms with van der Waals surface area (Å²) in [5.41, 5.74) is 1.06. The summed E-state index contributed by atoms with van der Waals surface area (Å²) in [6.07, 6.45) is 5.38. The highest BCUT2D eigenvalue weighted by atomic mass is 16.5. The van der Waals surface area contributed by atoms with Crippen molar-refractivity contribution in [1.82, 2.24) is 5.32 Å². The van der Waals surface area contributed by atoms with E-state index in [-0.39, 0.29) is 5.75 Å². The lowest BCUT2D eigenvalue weighted by Crippen LogP contribution is -2.31. The van der Waals surface area contributed by atoms with Crippen LogP contribution in [-0.4, -0.2) is 25.4 Å². The lowest BCUT2D eigenvalue weighted by molar-refractivity contribution is 0.337. The zero-order valence-electron chi connectivity index (χ0n) is 12.6. The second-order valence-corrected chi connectivity index (χ2v) is 5.56. The molecule has 4 nitrogen and oxygen atoms in total. The lowest BCUT2D eigenvalue weighted by atomic mass is 9.99. The van der Waals surface area contributed by atoms with Crippen LogP contribution < -0.4 is 14.8 Å². The number of hydrogen-bond donors (Lipinski definition) is 2. The fourth-order valence-electron chi connectivity index (χ4n) is 2.95. The summed E-state index contributed by atoms with van der Waals surface area (Å²) in [5, 5.41) is 13.5. The monoisotopic (exact) mass is 279 g/mol. The van der Waals surface area contributed by atoms with Gasteiger partial charge in [0.15, 0.2) is 11.5 Å². The smallest absolute Gasteiger partial charge is 0.200 e. The van der Waals surface area contributed by atoms with Crippen molar-refractivity contribution in [2.24, 2.45) is 5.92 Å². The maximum atomic E-state index is 9.89. The number of phenolic OH excluding ortho intramolecular Hbond substituents is 1. The van der Waals surface area contributed by atoms with E-state index >= 15 is 0 Å². The van der Waals surface area contributed by atoms with E-state index < -0.39 is 0 Å². The summed E-state index contributed by atoms with van der Waals surface area (Å²) >= 11 is 0. The molecule has 1 aromatic rings. The van der Waals surface area contributed by atoms with Gasteiger partial charge in [-0.1, -0.05) is 12.8 Å². The van der Waals surface area contributed by atoms with Crippen molar-refractivity contribution in [3.05, 3.63) is 17.7 Å². The molecule has 1 atom stereocenters. The Kier molecular flexibility index (Phi) is 5.12. The van der Waals surface area contributed by atoms with Gasteiger partial charge in [-0.3, -0.25) is 0 Å². The van der Waals surface area contributed by atoms with Crippen LogP contribution in [0.1, 0.15) is 38.2 Å². The Labute approximate surface area is 121 Å². The van der Waals surface area contributed by atoms with Gasteiger partial charge in [0.2, 0.25) is 5.75 Å². The lowest BCUT2D eigenvalue weighted by Gasteiger charge is -2.21. The molecular formula is C16H25NO3. The topological polar surface area (TPSA) is 50.7 Å². The predicted molar refractivity (Wildman–Crippen MR) is 79.5 cm³/mol. The highest BCUT2D eigenvalue weighted by molar-refractivity contribution is 5.52. The molecule has 0 bridgehead atoms. The third-order valence-electron chi connectivity index (χ3n) is 4.27. The Morgan fingerprint density at radius 2 is 1.75 bits per heavy atom. The zero-order chi connectivity index (χ0) is 14.5. The normalized spacial score (nSPS) is 17.1. The summed E-state index contributed by atoms with van der Waals surface area (Å²) in [6.45, 7) is 3.01. The van der Waals surface area contributed by atoms with E-state index in [1.54, 1.807) is 14.2 Å². The van der Waals surface area contributed by atoms with Crippen LogP contribution >= 0.6 is 0 Å². The van der Waals surface area contributed by atoms with Gasteiger partial charge >= 0.3 is 0 Å². The first kappa shape index (κ1) is 15.0. The Balaban J connectivity index is 2.01. The van der Waals surface area contributed by atoms with Crippen molar-refractivity contribution in [1.29, 1.82) is 0 Å².